The van der Waals surface area contributed by atoms with Crippen LogP contribution in [0.3, 0.4) is 0 Å². The average Bonchev–Trinajstić information content (AvgIpc) is 3.14. The Hall–Kier alpha value is -2.78. The van der Waals surface area contributed by atoms with Gasteiger partial charge in [-0.15, -0.1) is 0 Å². The van der Waals surface area contributed by atoms with Gasteiger partial charge in [-0.2, -0.15) is 4.31 Å². The zero-order valence-corrected chi connectivity index (χ0v) is 19.0. The Balaban J connectivity index is 1.33. The summed E-state index contributed by atoms with van der Waals surface area (Å²) in [5.74, 6) is 0.630. The number of nitrogens with zero attached hydrogens (tertiary/aromatic N) is 5. The Bertz CT molecular complexity index is 1030. The van der Waals surface area contributed by atoms with Gasteiger partial charge < -0.3 is 9.80 Å². The number of amides is 1. The number of carbonyl (C=O) groups is 1. The lowest BCUT2D eigenvalue weighted by Crippen LogP contribution is -2.48. The minimum Gasteiger partial charge on any atom is -0.337 e. The third kappa shape index (κ3) is 5.34. The summed E-state index contributed by atoms with van der Waals surface area (Å²) in [4.78, 5) is 25.3. The maximum absolute atomic E-state index is 12.9. The first-order chi connectivity index (χ1) is 15.5. The molecule has 0 aliphatic carbocycles. The van der Waals surface area contributed by atoms with E-state index in [4.69, 9.17) is 0 Å². The second-order valence-corrected chi connectivity index (χ2v) is 10.0. The van der Waals surface area contributed by atoms with Gasteiger partial charge in [0.15, 0.2) is 0 Å². The van der Waals surface area contributed by atoms with E-state index < -0.39 is 10.0 Å². The van der Waals surface area contributed by atoms with Crippen molar-refractivity contribution in [3.8, 4) is 0 Å². The highest BCUT2D eigenvalue weighted by Crippen LogP contribution is 2.21. The van der Waals surface area contributed by atoms with Gasteiger partial charge in [0.05, 0.1) is 4.90 Å². The number of benzene rings is 1. The van der Waals surface area contributed by atoms with Gasteiger partial charge in [-0.05, 0) is 42.7 Å². The lowest BCUT2D eigenvalue weighted by Gasteiger charge is -2.34. The second-order valence-electron chi connectivity index (χ2n) is 8.08. The molecule has 2 aliphatic rings. The van der Waals surface area contributed by atoms with Crippen molar-refractivity contribution in [2.24, 2.45) is 0 Å². The summed E-state index contributed by atoms with van der Waals surface area (Å²) in [6.45, 7) is 3.76. The number of sulfonamides is 1. The van der Waals surface area contributed by atoms with Gasteiger partial charge in [0, 0.05) is 57.7 Å². The van der Waals surface area contributed by atoms with Crippen molar-refractivity contribution in [3.63, 3.8) is 0 Å². The number of carbonyl (C=O) groups excluding carboxylic acids is 1. The van der Waals surface area contributed by atoms with Crippen LogP contribution in [-0.2, 0) is 14.8 Å². The number of anilines is 1. The molecule has 2 aliphatic heterocycles. The molecule has 0 radical (unpaired) electrons. The van der Waals surface area contributed by atoms with Crippen molar-refractivity contribution in [1.82, 2.24) is 19.2 Å². The molecule has 1 aromatic heterocycles. The summed E-state index contributed by atoms with van der Waals surface area (Å²) in [5, 5.41) is 0. The molecule has 2 fully saturated rings. The molecule has 0 atom stereocenters. The zero-order chi connectivity index (χ0) is 22.4. The fourth-order valence-electron chi connectivity index (χ4n) is 4.04. The molecule has 0 spiro atoms. The van der Waals surface area contributed by atoms with Crippen LogP contribution >= 0.6 is 0 Å². The van der Waals surface area contributed by atoms with Crippen LogP contribution in [0.15, 0.2) is 53.7 Å². The largest absolute Gasteiger partial charge is 0.337 e. The molecular formula is C23H29N5O3S. The van der Waals surface area contributed by atoms with E-state index in [0.29, 0.717) is 50.1 Å². The van der Waals surface area contributed by atoms with Crippen LogP contribution in [0, 0.1) is 0 Å². The number of hydrogen-bond acceptors (Lipinski definition) is 6. The Morgan fingerprint density at radius 1 is 0.844 bits per heavy atom. The number of hydrogen-bond donors (Lipinski definition) is 0. The van der Waals surface area contributed by atoms with Gasteiger partial charge in [-0.3, -0.25) is 4.79 Å². The van der Waals surface area contributed by atoms with Crippen LogP contribution in [0.4, 0.5) is 5.95 Å². The summed E-state index contributed by atoms with van der Waals surface area (Å²) in [7, 11) is -3.46. The van der Waals surface area contributed by atoms with E-state index in [-0.39, 0.29) is 5.91 Å². The molecule has 8 nitrogen and oxygen atoms in total. The monoisotopic (exact) mass is 455 g/mol. The van der Waals surface area contributed by atoms with Gasteiger partial charge in [0.2, 0.25) is 21.9 Å². The van der Waals surface area contributed by atoms with Crippen molar-refractivity contribution in [2.75, 3.05) is 44.2 Å². The topological polar surface area (TPSA) is 86.7 Å². The minimum atomic E-state index is -3.46. The van der Waals surface area contributed by atoms with E-state index >= 15 is 0 Å². The predicted octanol–water partition coefficient (Wildman–Crippen LogP) is 2.40. The molecule has 1 aromatic carbocycles. The van der Waals surface area contributed by atoms with Gasteiger partial charge in [0.25, 0.3) is 0 Å². The number of aromatic nitrogens is 2. The molecule has 32 heavy (non-hydrogen) atoms. The molecule has 0 bridgehead atoms. The van der Waals surface area contributed by atoms with E-state index in [0.717, 1.165) is 31.2 Å². The third-order valence-electron chi connectivity index (χ3n) is 5.93. The summed E-state index contributed by atoms with van der Waals surface area (Å²) < 4.78 is 27.4. The average molecular weight is 456 g/mol. The first kappa shape index (κ1) is 22.4. The Morgan fingerprint density at radius 2 is 1.47 bits per heavy atom. The van der Waals surface area contributed by atoms with Gasteiger partial charge in [0.1, 0.15) is 0 Å². The molecule has 9 heteroatoms. The predicted molar refractivity (Wildman–Crippen MR) is 124 cm³/mol. The van der Waals surface area contributed by atoms with Crippen LogP contribution < -0.4 is 4.90 Å². The van der Waals surface area contributed by atoms with Crippen molar-refractivity contribution < 1.29 is 13.2 Å². The van der Waals surface area contributed by atoms with E-state index in [1.165, 1.54) is 0 Å². The molecule has 0 saturated carbocycles. The van der Waals surface area contributed by atoms with Gasteiger partial charge in [-0.1, -0.05) is 25.0 Å². The first-order valence-corrected chi connectivity index (χ1v) is 12.6. The molecule has 3 heterocycles. The van der Waals surface area contributed by atoms with Crippen LogP contribution in [0.1, 0.15) is 31.2 Å². The molecule has 2 aromatic rings. The van der Waals surface area contributed by atoms with Gasteiger partial charge >= 0.3 is 0 Å². The second kappa shape index (κ2) is 10.2. The Labute approximate surface area is 189 Å². The number of rotatable bonds is 5. The standard InChI is InChI=1S/C23H29N5O3S/c29-22(26-16-18-27(19-17-26)23-24-12-5-13-25-23)11-8-20-6-9-21(10-7-20)32(30,31)28-14-3-1-2-4-15-28/h5-13H,1-4,14-19H2/b11-8+. The SMILES string of the molecule is O=C(/C=C/c1ccc(S(=O)(=O)N2CCCCCC2)cc1)N1CCN(c2ncccn2)CC1. The fourth-order valence-corrected chi connectivity index (χ4v) is 5.55. The summed E-state index contributed by atoms with van der Waals surface area (Å²) in [6, 6.07) is 8.54. The fraction of sp³-hybridized carbons (Fsp3) is 0.435. The molecule has 0 N–H and O–H groups in total. The number of piperazine rings is 1. The summed E-state index contributed by atoms with van der Waals surface area (Å²) in [6.07, 6.45) is 10.7. The highest BCUT2D eigenvalue weighted by atomic mass is 32.2. The smallest absolute Gasteiger partial charge is 0.246 e. The van der Waals surface area contributed by atoms with Crippen LogP contribution in [0.5, 0.6) is 0 Å². The highest BCUT2D eigenvalue weighted by Gasteiger charge is 2.25. The quantitative estimate of drug-likeness (QED) is 0.644. The summed E-state index contributed by atoms with van der Waals surface area (Å²) >= 11 is 0. The van der Waals surface area contributed by atoms with Crippen molar-refractivity contribution in [3.05, 3.63) is 54.4 Å². The van der Waals surface area contributed by atoms with Gasteiger partial charge in [-0.25, -0.2) is 18.4 Å². The zero-order valence-electron chi connectivity index (χ0n) is 18.1. The maximum Gasteiger partial charge on any atom is 0.246 e. The first-order valence-electron chi connectivity index (χ1n) is 11.1. The van der Waals surface area contributed by atoms with E-state index in [9.17, 15) is 13.2 Å². The van der Waals surface area contributed by atoms with E-state index in [1.807, 2.05) is 0 Å². The van der Waals surface area contributed by atoms with Crippen molar-refractivity contribution in [2.45, 2.75) is 30.6 Å². The van der Waals surface area contributed by atoms with Crippen molar-refractivity contribution in [1.29, 1.82) is 0 Å². The third-order valence-corrected chi connectivity index (χ3v) is 7.84. The Morgan fingerprint density at radius 3 is 2.09 bits per heavy atom. The van der Waals surface area contributed by atoms with Crippen LogP contribution in [0.2, 0.25) is 0 Å². The lowest BCUT2D eigenvalue weighted by atomic mass is 10.2. The minimum absolute atomic E-state index is 0.0557. The normalized spacial score (nSPS) is 18.6. The molecular weight excluding hydrogens is 426 g/mol. The summed E-state index contributed by atoms with van der Waals surface area (Å²) in [5.41, 5.74) is 0.796. The highest BCUT2D eigenvalue weighted by molar-refractivity contribution is 7.89. The molecule has 1 amide bonds. The Kier molecular flexibility index (Phi) is 7.16. The van der Waals surface area contributed by atoms with Crippen LogP contribution in [-0.4, -0.2) is 72.8 Å². The van der Waals surface area contributed by atoms with E-state index in [2.05, 4.69) is 14.9 Å². The van der Waals surface area contributed by atoms with E-state index in [1.54, 1.807) is 64.1 Å². The molecule has 170 valence electrons. The molecule has 0 unspecified atom stereocenters. The maximum atomic E-state index is 12.9. The van der Waals surface area contributed by atoms with Crippen LogP contribution in [0.25, 0.3) is 6.08 Å². The molecule has 4 rings (SSSR count). The molecule has 2 saturated heterocycles. The lowest BCUT2D eigenvalue weighted by molar-refractivity contribution is -0.126. The van der Waals surface area contributed by atoms with Crippen molar-refractivity contribution >= 4 is 28.0 Å².